The predicted molar refractivity (Wildman–Crippen MR) is 74.2 cm³/mol. The van der Waals surface area contributed by atoms with Crippen LogP contribution in [0.15, 0.2) is 0 Å². The van der Waals surface area contributed by atoms with E-state index >= 15 is 0 Å². The second-order valence-electron chi connectivity index (χ2n) is 6.82. The first kappa shape index (κ1) is 13.8. The van der Waals surface area contributed by atoms with Gasteiger partial charge in [0.15, 0.2) is 0 Å². The highest BCUT2D eigenvalue weighted by atomic mass is 15.2. The molecule has 1 N–H and O–H groups in total. The number of hydrogen-bond donors (Lipinski definition) is 1. The second-order valence-corrected chi connectivity index (χ2v) is 6.82. The first-order valence-corrected chi connectivity index (χ1v) is 7.36. The fourth-order valence-corrected chi connectivity index (χ4v) is 3.07. The number of likely N-dealkylation sites (tertiary alicyclic amines) is 1. The molecule has 2 fully saturated rings. The minimum absolute atomic E-state index is 0.352. The van der Waals surface area contributed by atoms with Crippen LogP contribution in [0.4, 0.5) is 0 Å². The van der Waals surface area contributed by atoms with Gasteiger partial charge in [-0.25, -0.2) is 0 Å². The van der Waals surface area contributed by atoms with E-state index in [0.29, 0.717) is 12.1 Å². The van der Waals surface area contributed by atoms with E-state index < -0.39 is 0 Å². The summed E-state index contributed by atoms with van der Waals surface area (Å²) in [7, 11) is 0. The van der Waals surface area contributed by atoms with Crippen LogP contribution in [0.1, 0.15) is 47.0 Å². The molecule has 0 bridgehead atoms. The SMILES string of the molecule is CC1CN(C(C)CC(C)(C#N)NC2CC2)CC1C. The smallest absolute Gasteiger partial charge is 0.105 e. The van der Waals surface area contributed by atoms with E-state index in [1.807, 2.05) is 0 Å². The van der Waals surface area contributed by atoms with E-state index in [2.05, 4.69) is 44.0 Å². The second kappa shape index (κ2) is 5.19. The van der Waals surface area contributed by atoms with Crippen LogP contribution in [0, 0.1) is 23.2 Å². The van der Waals surface area contributed by atoms with Gasteiger partial charge in [0.2, 0.25) is 0 Å². The molecule has 1 heterocycles. The molecule has 3 heteroatoms. The van der Waals surface area contributed by atoms with E-state index in [1.165, 1.54) is 25.9 Å². The van der Waals surface area contributed by atoms with E-state index in [-0.39, 0.29) is 5.54 Å². The molecule has 0 aromatic rings. The van der Waals surface area contributed by atoms with Crippen LogP contribution in [-0.4, -0.2) is 35.6 Å². The molecule has 0 spiro atoms. The van der Waals surface area contributed by atoms with Gasteiger partial charge in [-0.1, -0.05) is 13.8 Å². The van der Waals surface area contributed by atoms with E-state index in [1.54, 1.807) is 0 Å². The summed E-state index contributed by atoms with van der Waals surface area (Å²) in [6, 6.07) is 3.58. The third kappa shape index (κ3) is 3.24. The minimum atomic E-state index is -0.352. The lowest BCUT2D eigenvalue weighted by molar-refractivity contribution is 0.204. The van der Waals surface area contributed by atoms with Crippen molar-refractivity contribution in [3.05, 3.63) is 0 Å². The van der Waals surface area contributed by atoms with Gasteiger partial charge in [0.25, 0.3) is 0 Å². The van der Waals surface area contributed by atoms with Crippen molar-refractivity contribution in [3.63, 3.8) is 0 Å². The van der Waals surface area contributed by atoms with Crippen molar-refractivity contribution >= 4 is 0 Å². The molecule has 1 saturated carbocycles. The van der Waals surface area contributed by atoms with Crippen LogP contribution < -0.4 is 5.32 Å². The van der Waals surface area contributed by atoms with Gasteiger partial charge < -0.3 is 4.90 Å². The van der Waals surface area contributed by atoms with Crippen LogP contribution in [-0.2, 0) is 0 Å². The Hall–Kier alpha value is -0.590. The van der Waals surface area contributed by atoms with Gasteiger partial charge >= 0.3 is 0 Å². The molecule has 102 valence electrons. The molecule has 2 aliphatic rings. The summed E-state index contributed by atoms with van der Waals surface area (Å²) in [4.78, 5) is 2.56. The van der Waals surface area contributed by atoms with Crippen molar-refractivity contribution in [2.75, 3.05) is 13.1 Å². The summed E-state index contributed by atoms with van der Waals surface area (Å²) >= 11 is 0. The fourth-order valence-electron chi connectivity index (χ4n) is 3.07. The maximum absolute atomic E-state index is 9.43. The molecular weight excluding hydrogens is 222 g/mol. The third-order valence-electron chi connectivity index (χ3n) is 4.69. The molecule has 1 aliphatic carbocycles. The van der Waals surface area contributed by atoms with Crippen LogP contribution >= 0.6 is 0 Å². The lowest BCUT2D eigenvalue weighted by Crippen LogP contribution is -2.47. The highest BCUT2D eigenvalue weighted by molar-refractivity contribution is 5.08. The Labute approximate surface area is 112 Å². The Bertz CT molecular complexity index is 321. The van der Waals surface area contributed by atoms with Gasteiger partial charge in [-0.3, -0.25) is 5.32 Å². The van der Waals surface area contributed by atoms with Crippen molar-refractivity contribution in [2.45, 2.75) is 64.6 Å². The third-order valence-corrected chi connectivity index (χ3v) is 4.69. The minimum Gasteiger partial charge on any atom is -0.300 e. The quantitative estimate of drug-likeness (QED) is 0.813. The summed E-state index contributed by atoms with van der Waals surface area (Å²) in [6.07, 6.45) is 3.41. The standard InChI is InChI=1S/C15H27N3/c1-11-8-18(9-12(11)2)13(3)7-15(4,10-16)17-14-5-6-14/h11-14,17H,5-9H2,1-4H3. The zero-order valence-electron chi connectivity index (χ0n) is 12.2. The van der Waals surface area contributed by atoms with Crippen molar-refractivity contribution in [2.24, 2.45) is 11.8 Å². The van der Waals surface area contributed by atoms with Gasteiger partial charge in [-0.2, -0.15) is 5.26 Å². The number of nitrogens with zero attached hydrogens (tertiary/aromatic N) is 2. The normalized spacial score (nSPS) is 33.9. The lowest BCUT2D eigenvalue weighted by Gasteiger charge is -2.32. The topological polar surface area (TPSA) is 39.1 Å². The maximum atomic E-state index is 9.43. The van der Waals surface area contributed by atoms with Gasteiger partial charge in [-0.15, -0.1) is 0 Å². The molecule has 18 heavy (non-hydrogen) atoms. The molecule has 4 unspecified atom stereocenters. The van der Waals surface area contributed by atoms with Crippen LogP contribution in [0.2, 0.25) is 0 Å². The zero-order valence-corrected chi connectivity index (χ0v) is 12.2. The molecule has 1 saturated heterocycles. The number of rotatable bonds is 5. The molecule has 0 radical (unpaired) electrons. The Morgan fingerprint density at radius 2 is 1.89 bits per heavy atom. The first-order valence-electron chi connectivity index (χ1n) is 7.36. The van der Waals surface area contributed by atoms with Crippen LogP contribution in [0.5, 0.6) is 0 Å². The van der Waals surface area contributed by atoms with Crippen LogP contribution in [0.3, 0.4) is 0 Å². The summed E-state index contributed by atoms with van der Waals surface area (Å²) < 4.78 is 0. The van der Waals surface area contributed by atoms with Gasteiger partial charge in [-0.05, 0) is 44.9 Å². The monoisotopic (exact) mass is 249 g/mol. The summed E-state index contributed by atoms with van der Waals surface area (Å²) in [5, 5.41) is 12.9. The van der Waals surface area contributed by atoms with Crippen molar-refractivity contribution in [1.82, 2.24) is 10.2 Å². The molecule has 1 aliphatic heterocycles. The molecule has 3 nitrogen and oxygen atoms in total. The van der Waals surface area contributed by atoms with Crippen molar-refractivity contribution < 1.29 is 0 Å². The highest BCUT2D eigenvalue weighted by Crippen LogP contribution is 2.29. The average Bonchev–Trinajstić information content (AvgIpc) is 3.04. The van der Waals surface area contributed by atoms with E-state index in [0.717, 1.165) is 18.3 Å². The average molecular weight is 249 g/mol. The first-order chi connectivity index (χ1) is 8.43. The Kier molecular flexibility index (Phi) is 3.99. The Morgan fingerprint density at radius 1 is 1.33 bits per heavy atom. The number of nitriles is 1. The van der Waals surface area contributed by atoms with Gasteiger partial charge in [0.05, 0.1) is 6.07 Å². The van der Waals surface area contributed by atoms with E-state index in [4.69, 9.17) is 0 Å². The summed E-state index contributed by atoms with van der Waals surface area (Å²) in [5.41, 5.74) is -0.352. The molecule has 0 amide bonds. The summed E-state index contributed by atoms with van der Waals surface area (Å²) in [5.74, 6) is 1.58. The lowest BCUT2D eigenvalue weighted by atomic mass is 9.94. The predicted octanol–water partition coefficient (Wildman–Crippen LogP) is 2.39. The largest absolute Gasteiger partial charge is 0.300 e. The fraction of sp³-hybridized carbons (Fsp3) is 0.933. The number of nitrogens with one attached hydrogen (secondary N) is 1. The van der Waals surface area contributed by atoms with Gasteiger partial charge in [0.1, 0.15) is 5.54 Å². The molecular formula is C15H27N3. The highest BCUT2D eigenvalue weighted by Gasteiger charge is 2.36. The molecule has 2 rings (SSSR count). The molecule has 0 aromatic carbocycles. The molecule has 4 atom stereocenters. The van der Waals surface area contributed by atoms with Crippen molar-refractivity contribution in [1.29, 1.82) is 5.26 Å². The van der Waals surface area contributed by atoms with Crippen LogP contribution in [0.25, 0.3) is 0 Å². The summed E-state index contributed by atoms with van der Waals surface area (Å²) in [6.45, 7) is 11.4. The Balaban J connectivity index is 1.89. The van der Waals surface area contributed by atoms with Crippen molar-refractivity contribution in [3.8, 4) is 6.07 Å². The Morgan fingerprint density at radius 3 is 2.33 bits per heavy atom. The van der Waals surface area contributed by atoms with E-state index in [9.17, 15) is 5.26 Å². The molecule has 0 aromatic heterocycles. The maximum Gasteiger partial charge on any atom is 0.105 e. The zero-order chi connectivity index (χ0) is 13.3. The number of hydrogen-bond acceptors (Lipinski definition) is 3. The van der Waals surface area contributed by atoms with Gasteiger partial charge in [0, 0.05) is 25.2 Å².